The highest BCUT2D eigenvalue weighted by molar-refractivity contribution is 7.89. The van der Waals surface area contributed by atoms with Crippen molar-refractivity contribution in [3.8, 4) is 0 Å². The van der Waals surface area contributed by atoms with Crippen LogP contribution in [0, 0.1) is 13.8 Å². The average molecular weight is 486 g/mol. The molecular formula is C24H27N3O4S2. The predicted molar refractivity (Wildman–Crippen MR) is 131 cm³/mol. The van der Waals surface area contributed by atoms with Crippen molar-refractivity contribution in [3.63, 3.8) is 0 Å². The highest BCUT2D eigenvalue weighted by Gasteiger charge is 2.24. The summed E-state index contributed by atoms with van der Waals surface area (Å²) in [5.74, 6) is -0.686. The number of amides is 2. The van der Waals surface area contributed by atoms with Gasteiger partial charge in [-0.15, -0.1) is 11.3 Å². The molecule has 0 fully saturated rings. The Morgan fingerprint density at radius 2 is 1.61 bits per heavy atom. The standard InChI is InChI=1S/C24H27N3O4S2/c1-5-27(15-18-9-7-6-8-10-18)33(30,31)20-13-11-19(12-14-20)22(28)26-24-21(23(29)25-4)16(2)17(3)32-24/h6-14H,5,15H2,1-4H3,(H,25,29)(H,26,28). The van der Waals surface area contributed by atoms with E-state index in [1.54, 1.807) is 6.92 Å². The van der Waals surface area contributed by atoms with E-state index in [9.17, 15) is 18.0 Å². The number of hydrogen-bond acceptors (Lipinski definition) is 5. The van der Waals surface area contributed by atoms with Crippen LogP contribution in [0.25, 0.3) is 0 Å². The molecule has 0 spiro atoms. The van der Waals surface area contributed by atoms with Crippen molar-refractivity contribution in [3.05, 3.63) is 81.7 Å². The number of rotatable bonds is 8. The van der Waals surface area contributed by atoms with E-state index in [4.69, 9.17) is 0 Å². The molecule has 7 nitrogen and oxygen atoms in total. The normalized spacial score (nSPS) is 11.4. The number of anilines is 1. The molecule has 0 atom stereocenters. The summed E-state index contributed by atoms with van der Waals surface area (Å²) in [5.41, 5.74) is 2.44. The molecule has 3 rings (SSSR count). The summed E-state index contributed by atoms with van der Waals surface area (Å²) in [4.78, 5) is 26.1. The number of hydrogen-bond donors (Lipinski definition) is 2. The van der Waals surface area contributed by atoms with Crippen LogP contribution in [0.4, 0.5) is 5.00 Å². The zero-order valence-corrected chi connectivity index (χ0v) is 20.6. The third kappa shape index (κ3) is 5.32. The van der Waals surface area contributed by atoms with Gasteiger partial charge >= 0.3 is 0 Å². The van der Waals surface area contributed by atoms with Gasteiger partial charge in [0.2, 0.25) is 10.0 Å². The fourth-order valence-electron chi connectivity index (χ4n) is 3.37. The number of nitrogens with zero attached hydrogens (tertiary/aromatic N) is 1. The maximum atomic E-state index is 13.1. The Morgan fingerprint density at radius 1 is 0.970 bits per heavy atom. The molecule has 33 heavy (non-hydrogen) atoms. The van der Waals surface area contributed by atoms with Gasteiger partial charge in [0.15, 0.2) is 0 Å². The van der Waals surface area contributed by atoms with E-state index in [2.05, 4.69) is 10.6 Å². The lowest BCUT2D eigenvalue weighted by molar-refractivity contribution is 0.0963. The van der Waals surface area contributed by atoms with Crippen molar-refractivity contribution in [1.82, 2.24) is 9.62 Å². The first-order valence-electron chi connectivity index (χ1n) is 10.5. The Balaban J connectivity index is 1.80. The van der Waals surface area contributed by atoms with Crippen LogP contribution in [-0.4, -0.2) is 38.1 Å². The zero-order chi connectivity index (χ0) is 24.2. The van der Waals surface area contributed by atoms with Crippen LogP contribution >= 0.6 is 11.3 Å². The summed E-state index contributed by atoms with van der Waals surface area (Å²) in [6.45, 7) is 6.09. The number of carbonyl (C=O) groups is 2. The molecule has 0 aliphatic carbocycles. The van der Waals surface area contributed by atoms with Gasteiger partial charge in [-0.3, -0.25) is 9.59 Å². The summed E-state index contributed by atoms with van der Waals surface area (Å²) >= 11 is 1.33. The van der Waals surface area contributed by atoms with E-state index in [1.807, 2.05) is 44.2 Å². The summed E-state index contributed by atoms with van der Waals surface area (Å²) in [6.07, 6.45) is 0. The zero-order valence-electron chi connectivity index (χ0n) is 19.0. The van der Waals surface area contributed by atoms with Gasteiger partial charge in [0.1, 0.15) is 5.00 Å². The highest BCUT2D eigenvalue weighted by atomic mass is 32.2. The molecule has 174 valence electrons. The van der Waals surface area contributed by atoms with Crippen LogP contribution in [0.15, 0.2) is 59.5 Å². The SMILES string of the molecule is CCN(Cc1ccccc1)S(=O)(=O)c1ccc(C(=O)Nc2sc(C)c(C)c2C(=O)NC)cc1. The van der Waals surface area contributed by atoms with Crippen molar-refractivity contribution in [2.45, 2.75) is 32.2 Å². The maximum Gasteiger partial charge on any atom is 0.256 e. The summed E-state index contributed by atoms with van der Waals surface area (Å²) < 4.78 is 27.6. The number of nitrogens with one attached hydrogen (secondary N) is 2. The largest absolute Gasteiger partial charge is 0.355 e. The molecule has 2 N–H and O–H groups in total. The topological polar surface area (TPSA) is 95.6 Å². The minimum absolute atomic E-state index is 0.116. The fraction of sp³-hybridized carbons (Fsp3) is 0.250. The van der Waals surface area contributed by atoms with Crippen molar-refractivity contribution >= 4 is 38.2 Å². The van der Waals surface area contributed by atoms with E-state index < -0.39 is 15.9 Å². The second-order valence-corrected chi connectivity index (χ2v) is 10.6. The van der Waals surface area contributed by atoms with Crippen molar-refractivity contribution in [1.29, 1.82) is 0 Å². The molecule has 0 aliphatic rings. The van der Waals surface area contributed by atoms with Crippen LogP contribution in [-0.2, 0) is 16.6 Å². The average Bonchev–Trinajstić information content (AvgIpc) is 3.10. The minimum atomic E-state index is -3.72. The first-order chi connectivity index (χ1) is 15.7. The quantitative estimate of drug-likeness (QED) is 0.500. The Bertz CT molecular complexity index is 1250. The third-order valence-corrected chi connectivity index (χ3v) is 8.43. The Labute approximate surface area is 198 Å². The van der Waals surface area contributed by atoms with Gasteiger partial charge < -0.3 is 10.6 Å². The molecule has 2 amide bonds. The van der Waals surface area contributed by atoms with Gasteiger partial charge in [0.05, 0.1) is 10.5 Å². The number of carbonyl (C=O) groups excluding carboxylic acids is 2. The van der Waals surface area contributed by atoms with Gasteiger partial charge in [-0.1, -0.05) is 37.3 Å². The van der Waals surface area contributed by atoms with Crippen LogP contribution in [0.1, 0.15) is 43.6 Å². The summed E-state index contributed by atoms with van der Waals surface area (Å²) in [6, 6.07) is 15.2. The van der Waals surface area contributed by atoms with Gasteiger partial charge in [-0.05, 0) is 49.2 Å². The molecule has 1 heterocycles. The van der Waals surface area contributed by atoms with E-state index >= 15 is 0 Å². The van der Waals surface area contributed by atoms with Gasteiger partial charge in [0.25, 0.3) is 11.8 Å². The summed E-state index contributed by atoms with van der Waals surface area (Å²) in [5, 5.41) is 5.84. The second kappa shape index (κ2) is 10.3. The number of benzene rings is 2. The number of thiophene rings is 1. The molecule has 0 unspecified atom stereocenters. The molecule has 9 heteroatoms. The predicted octanol–water partition coefficient (Wildman–Crippen LogP) is 4.19. The highest BCUT2D eigenvalue weighted by Crippen LogP contribution is 2.32. The third-order valence-electron chi connectivity index (χ3n) is 5.38. The van der Waals surface area contributed by atoms with Crippen molar-refractivity contribution in [2.24, 2.45) is 0 Å². The number of sulfonamides is 1. The Morgan fingerprint density at radius 3 is 2.18 bits per heavy atom. The molecule has 0 radical (unpaired) electrons. The fourth-order valence-corrected chi connectivity index (χ4v) is 5.86. The lowest BCUT2D eigenvalue weighted by atomic mass is 10.1. The molecule has 1 aromatic heterocycles. The van der Waals surface area contributed by atoms with Crippen LogP contribution in [0.2, 0.25) is 0 Å². The molecule has 0 saturated carbocycles. The molecule has 3 aromatic rings. The molecule has 0 aliphatic heterocycles. The second-order valence-electron chi connectivity index (χ2n) is 7.46. The van der Waals surface area contributed by atoms with Gasteiger partial charge in [-0.25, -0.2) is 8.42 Å². The summed E-state index contributed by atoms with van der Waals surface area (Å²) in [7, 11) is -2.18. The number of aryl methyl sites for hydroxylation is 1. The van der Waals surface area contributed by atoms with Crippen LogP contribution in [0.3, 0.4) is 0 Å². The monoisotopic (exact) mass is 485 g/mol. The lowest BCUT2D eigenvalue weighted by Crippen LogP contribution is -2.30. The Kier molecular flexibility index (Phi) is 7.68. The van der Waals surface area contributed by atoms with Crippen LogP contribution < -0.4 is 10.6 Å². The van der Waals surface area contributed by atoms with Crippen molar-refractivity contribution < 1.29 is 18.0 Å². The van der Waals surface area contributed by atoms with Crippen LogP contribution in [0.5, 0.6) is 0 Å². The maximum absolute atomic E-state index is 13.1. The Hall–Kier alpha value is -3.01. The van der Waals surface area contributed by atoms with Gasteiger partial charge in [-0.2, -0.15) is 4.31 Å². The van der Waals surface area contributed by atoms with Crippen molar-refractivity contribution in [2.75, 3.05) is 18.9 Å². The minimum Gasteiger partial charge on any atom is -0.355 e. The first kappa shape index (κ1) is 24.6. The smallest absolute Gasteiger partial charge is 0.256 e. The van der Waals surface area contributed by atoms with Gasteiger partial charge in [0, 0.05) is 30.6 Å². The van der Waals surface area contributed by atoms with E-state index in [-0.39, 0.29) is 17.3 Å². The lowest BCUT2D eigenvalue weighted by Gasteiger charge is -2.20. The first-order valence-corrected chi connectivity index (χ1v) is 12.7. The molecule has 0 bridgehead atoms. The molecule has 0 saturated heterocycles. The molecule has 2 aromatic carbocycles. The van der Waals surface area contributed by atoms with E-state index in [1.165, 1.54) is 47.0 Å². The molecular weight excluding hydrogens is 458 g/mol. The van der Waals surface area contributed by atoms with E-state index in [0.717, 1.165) is 16.0 Å². The van der Waals surface area contributed by atoms with E-state index in [0.29, 0.717) is 22.7 Å².